The highest BCUT2D eigenvalue weighted by Crippen LogP contribution is 2.36. The SMILES string of the molecule is Cc1ccc2c(c1)C(C)(O)CO2. The van der Waals surface area contributed by atoms with E-state index in [-0.39, 0.29) is 0 Å². The van der Waals surface area contributed by atoms with Crippen LogP contribution in [-0.4, -0.2) is 11.7 Å². The maximum absolute atomic E-state index is 9.85. The molecule has 1 aliphatic heterocycles. The van der Waals surface area contributed by atoms with Crippen LogP contribution in [-0.2, 0) is 5.60 Å². The van der Waals surface area contributed by atoms with Gasteiger partial charge in [0.25, 0.3) is 0 Å². The zero-order valence-electron chi connectivity index (χ0n) is 7.29. The fourth-order valence-corrected chi connectivity index (χ4v) is 1.49. The summed E-state index contributed by atoms with van der Waals surface area (Å²) in [5, 5.41) is 9.85. The molecule has 2 heteroatoms. The van der Waals surface area contributed by atoms with Crippen LogP contribution in [0.15, 0.2) is 18.2 Å². The Labute approximate surface area is 71.8 Å². The van der Waals surface area contributed by atoms with E-state index >= 15 is 0 Å². The van der Waals surface area contributed by atoms with Gasteiger partial charge in [-0.2, -0.15) is 0 Å². The summed E-state index contributed by atoms with van der Waals surface area (Å²) < 4.78 is 5.32. The van der Waals surface area contributed by atoms with Crippen molar-refractivity contribution >= 4 is 0 Å². The van der Waals surface area contributed by atoms with Crippen LogP contribution in [0, 0.1) is 6.92 Å². The Balaban J connectivity index is 2.57. The molecular weight excluding hydrogens is 152 g/mol. The van der Waals surface area contributed by atoms with Crippen LogP contribution < -0.4 is 4.74 Å². The summed E-state index contributed by atoms with van der Waals surface area (Å²) in [4.78, 5) is 0. The molecule has 1 unspecified atom stereocenters. The van der Waals surface area contributed by atoms with Crippen molar-refractivity contribution in [1.82, 2.24) is 0 Å². The molecule has 0 bridgehead atoms. The van der Waals surface area contributed by atoms with Crippen molar-refractivity contribution in [3.8, 4) is 5.75 Å². The van der Waals surface area contributed by atoms with Gasteiger partial charge in [0.1, 0.15) is 18.0 Å². The number of hydrogen-bond acceptors (Lipinski definition) is 2. The summed E-state index contributed by atoms with van der Waals surface area (Å²) in [7, 11) is 0. The first kappa shape index (κ1) is 7.62. The summed E-state index contributed by atoms with van der Waals surface area (Å²) in [6.45, 7) is 4.15. The molecule has 2 rings (SSSR count). The standard InChI is InChI=1S/C10H12O2/c1-7-3-4-9-8(5-7)10(2,11)6-12-9/h3-5,11H,6H2,1-2H3. The monoisotopic (exact) mass is 164 g/mol. The summed E-state index contributed by atoms with van der Waals surface area (Å²) in [5.41, 5.74) is 1.25. The highest BCUT2D eigenvalue weighted by Gasteiger charge is 2.33. The van der Waals surface area contributed by atoms with Gasteiger partial charge in [-0.25, -0.2) is 0 Å². The predicted molar refractivity (Wildman–Crippen MR) is 46.2 cm³/mol. The molecule has 0 aliphatic carbocycles. The van der Waals surface area contributed by atoms with Crippen LogP contribution in [0.1, 0.15) is 18.1 Å². The second kappa shape index (κ2) is 2.23. The van der Waals surface area contributed by atoms with Crippen LogP contribution in [0.2, 0.25) is 0 Å². The van der Waals surface area contributed by atoms with E-state index in [4.69, 9.17) is 4.74 Å². The van der Waals surface area contributed by atoms with E-state index in [0.29, 0.717) is 6.61 Å². The zero-order chi connectivity index (χ0) is 8.77. The molecule has 0 spiro atoms. The van der Waals surface area contributed by atoms with Gasteiger partial charge in [-0.1, -0.05) is 11.6 Å². The molecule has 1 heterocycles. The van der Waals surface area contributed by atoms with Crippen molar-refractivity contribution in [1.29, 1.82) is 0 Å². The second-order valence-corrected chi connectivity index (χ2v) is 3.56. The number of aryl methyl sites for hydroxylation is 1. The Kier molecular flexibility index (Phi) is 1.42. The maximum Gasteiger partial charge on any atom is 0.125 e. The average molecular weight is 164 g/mol. The third-order valence-electron chi connectivity index (χ3n) is 2.22. The van der Waals surface area contributed by atoms with Crippen LogP contribution in [0.3, 0.4) is 0 Å². The van der Waals surface area contributed by atoms with E-state index in [2.05, 4.69) is 0 Å². The van der Waals surface area contributed by atoms with Crippen molar-refractivity contribution in [3.05, 3.63) is 29.3 Å². The largest absolute Gasteiger partial charge is 0.490 e. The molecule has 0 radical (unpaired) electrons. The van der Waals surface area contributed by atoms with E-state index in [1.807, 2.05) is 25.1 Å². The number of fused-ring (bicyclic) bond motifs is 1. The van der Waals surface area contributed by atoms with E-state index < -0.39 is 5.60 Å². The molecule has 0 aromatic heterocycles. The molecule has 1 aromatic carbocycles. The van der Waals surface area contributed by atoms with Gasteiger partial charge < -0.3 is 9.84 Å². The van der Waals surface area contributed by atoms with E-state index in [1.54, 1.807) is 6.92 Å². The average Bonchev–Trinajstić information content (AvgIpc) is 2.28. The first-order valence-electron chi connectivity index (χ1n) is 4.06. The predicted octanol–water partition coefficient (Wildman–Crippen LogP) is 1.59. The molecule has 64 valence electrons. The molecule has 0 amide bonds. The third-order valence-corrected chi connectivity index (χ3v) is 2.22. The minimum absolute atomic E-state index is 0.367. The van der Waals surface area contributed by atoms with E-state index in [1.165, 1.54) is 0 Å². The van der Waals surface area contributed by atoms with Crippen molar-refractivity contribution in [2.75, 3.05) is 6.61 Å². The lowest BCUT2D eigenvalue weighted by atomic mass is 9.97. The Morgan fingerprint density at radius 1 is 1.50 bits per heavy atom. The normalized spacial score (nSPS) is 26.6. The number of rotatable bonds is 0. The molecule has 1 aliphatic rings. The quantitative estimate of drug-likeness (QED) is 0.631. The van der Waals surface area contributed by atoms with Crippen molar-refractivity contribution in [3.63, 3.8) is 0 Å². The van der Waals surface area contributed by atoms with E-state index in [0.717, 1.165) is 16.9 Å². The van der Waals surface area contributed by atoms with Crippen molar-refractivity contribution in [2.45, 2.75) is 19.4 Å². The highest BCUT2D eigenvalue weighted by molar-refractivity contribution is 5.43. The van der Waals surface area contributed by atoms with Gasteiger partial charge in [-0.05, 0) is 26.0 Å². The fourth-order valence-electron chi connectivity index (χ4n) is 1.49. The molecular formula is C10H12O2. The third kappa shape index (κ3) is 0.994. The number of hydrogen-bond donors (Lipinski definition) is 1. The summed E-state index contributed by atoms with van der Waals surface area (Å²) >= 11 is 0. The molecule has 0 saturated carbocycles. The zero-order valence-corrected chi connectivity index (χ0v) is 7.29. The Morgan fingerprint density at radius 3 is 3.00 bits per heavy atom. The molecule has 1 N–H and O–H groups in total. The van der Waals surface area contributed by atoms with Gasteiger partial charge in [0.05, 0.1) is 0 Å². The van der Waals surface area contributed by atoms with Crippen molar-refractivity contribution < 1.29 is 9.84 Å². The summed E-state index contributed by atoms with van der Waals surface area (Å²) in [6, 6.07) is 5.87. The Hall–Kier alpha value is -1.02. The lowest BCUT2D eigenvalue weighted by Gasteiger charge is -2.13. The summed E-state index contributed by atoms with van der Waals surface area (Å²) in [5.74, 6) is 0.811. The minimum Gasteiger partial charge on any atom is -0.490 e. The lowest BCUT2D eigenvalue weighted by Crippen LogP contribution is -2.22. The van der Waals surface area contributed by atoms with Crippen LogP contribution in [0.25, 0.3) is 0 Å². The van der Waals surface area contributed by atoms with Gasteiger partial charge in [0.2, 0.25) is 0 Å². The van der Waals surface area contributed by atoms with Crippen LogP contribution in [0.5, 0.6) is 5.75 Å². The molecule has 12 heavy (non-hydrogen) atoms. The highest BCUT2D eigenvalue weighted by atomic mass is 16.5. The fraction of sp³-hybridized carbons (Fsp3) is 0.400. The topological polar surface area (TPSA) is 29.5 Å². The molecule has 2 nitrogen and oxygen atoms in total. The Morgan fingerprint density at radius 2 is 2.25 bits per heavy atom. The number of aliphatic hydroxyl groups is 1. The smallest absolute Gasteiger partial charge is 0.125 e. The first-order chi connectivity index (χ1) is 5.59. The minimum atomic E-state index is -0.804. The number of ether oxygens (including phenoxy) is 1. The molecule has 0 saturated heterocycles. The van der Waals surface area contributed by atoms with Gasteiger partial charge >= 0.3 is 0 Å². The summed E-state index contributed by atoms with van der Waals surface area (Å²) in [6.07, 6.45) is 0. The van der Waals surface area contributed by atoms with Crippen LogP contribution in [0.4, 0.5) is 0 Å². The van der Waals surface area contributed by atoms with Gasteiger partial charge in [-0.3, -0.25) is 0 Å². The molecule has 1 atom stereocenters. The van der Waals surface area contributed by atoms with Crippen molar-refractivity contribution in [2.24, 2.45) is 0 Å². The lowest BCUT2D eigenvalue weighted by molar-refractivity contribution is 0.0349. The maximum atomic E-state index is 9.85. The van der Waals surface area contributed by atoms with Crippen LogP contribution >= 0.6 is 0 Å². The second-order valence-electron chi connectivity index (χ2n) is 3.56. The van der Waals surface area contributed by atoms with Gasteiger partial charge in [-0.15, -0.1) is 0 Å². The first-order valence-corrected chi connectivity index (χ1v) is 4.06. The van der Waals surface area contributed by atoms with E-state index in [9.17, 15) is 5.11 Å². The molecule has 0 fully saturated rings. The number of benzene rings is 1. The Bertz CT molecular complexity index is 316. The van der Waals surface area contributed by atoms with Gasteiger partial charge in [0, 0.05) is 5.56 Å². The molecule has 1 aromatic rings. The van der Waals surface area contributed by atoms with Gasteiger partial charge in [0.15, 0.2) is 0 Å².